The lowest BCUT2D eigenvalue weighted by molar-refractivity contribution is 0.0668. The Labute approximate surface area is 219 Å². The molecule has 194 valence electrons. The molecule has 0 bridgehead atoms. The standard InChI is InChI=1S/C29H29F2NO4S/c1-35-26-13-21(31)5-9-23(26)25-17-37-27-12-20(29(33)34)4-8-24(27)28(25)19-2-6-22(7-3-19)36-11-10-32-15-18(14-30)16-32/h2-9,12-13,18,25,28H,10-11,14-17H2,1H3,(H,33,34)/t25-,28-/m0/s1. The number of methoxy groups -OCH3 is 1. The molecule has 1 saturated heterocycles. The predicted octanol–water partition coefficient (Wildman–Crippen LogP) is 5.83. The minimum absolute atomic E-state index is 0.00892. The Hall–Kier alpha value is -3.10. The number of rotatable bonds is 9. The molecule has 0 radical (unpaired) electrons. The van der Waals surface area contributed by atoms with Gasteiger partial charge in [-0.25, -0.2) is 9.18 Å². The fourth-order valence-electron chi connectivity index (χ4n) is 5.24. The number of aromatic carboxylic acids is 1. The minimum Gasteiger partial charge on any atom is -0.496 e. The molecule has 1 N–H and O–H groups in total. The summed E-state index contributed by atoms with van der Waals surface area (Å²) < 4.78 is 38.1. The summed E-state index contributed by atoms with van der Waals surface area (Å²) in [6, 6.07) is 17.9. The van der Waals surface area contributed by atoms with Crippen molar-refractivity contribution >= 4 is 17.7 Å². The van der Waals surface area contributed by atoms with E-state index in [1.54, 1.807) is 37.1 Å². The van der Waals surface area contributed by atoms with E-state index in [1.807, 2.05) is 30.3 Å². The predicted molar refractivity (Wildman–Crippen MR) is 140 cm³/mol. The summed E-state index contributed by atoms with van der Waals surface area (Å²) in [5, 5.41) is 9.48. The molecule has 2 heterocycles. The number of benzene rings is 3. The van der Waals surface area contributed by atoms with Gasteiger partial charge < -0.3 is 14.6 Å². The van der Waals surface area contributed by atoms with Gasteiger partial charge in [0.1, 0.15) is 23.9 Å². The summed E-state index contributed by atoms with van der Waals surface area (Å²) in [6.45, 7) is 2.62. The van der Waals surface area contributed by atoms with Gasteiger partial charge in [-0.2, -0.15) is 0 Å². The second kappa shape index (κ2) is 11.1. The molecule has 1 fully saturated rings. The van der Waals surface area contributed by atoms with Crippen molar-refractivity contribution in [2.24, 2.45) is 5.92 Å². The average Bonchev–Trinajstić information content (AvgIpc) is 2.89. The molecule has 3 aromatic rings. The van der Waals surface area contributed by atoms with Crippen LogP contribution in [0.2, 0.25) is 0 Å². The summed E-state index contributed by atoms with van der Waals surface area (Å²) in [6.07, 6.45) is 0. The molecule has 0 amide bonds. The Morgan fingerprint density at radius 3 is 2.54 bits per heavy atom. The van der Waals surface area contributed by atoms with Gasteiger partial charge in [0.05, 0.1) is 19.3 Å². The van der Waals surface area contributed by atoms with E-state index in [0.717, 1.165) is 47.0 Å². The highest BCUT2D eigenvalue weighted by molar-refractivity contribution is 7.99. The fourth-order valence-corrected chi connectivity index (χ4v) is 6.54. The van der Waals surface area contributed by atoms with Gasteiger partial charge in [0, 0.05) is 54.1 Å². The normalized spacial score (nSPS) is 19.6. The van der Waals surface area contributed by atoms with Crippen LogP contribution < -0.4 is 9.47 Å². The van der Waals surface area contributed by atoms with E-state index in [-0.39, 0.29) is 35.8 Å². The summed E-state index contributed by atoms with van der Waals surface area (Å²) >= 11 is 1.61. The zero-order chi connectivity index (χ0) is 25.9. The van der Waals surface area contributed by atoms with E-state index in [0.29, 0.717) is 18.1 Å². The molecule has 2 aliphatic rings. The van der Waals surface area contributed by atoms with Gasteiger partial charge in [-0.3, -0.25) is 9.29 Å². The number of carbonyl (C=O) groups is 1. The van der Waals surface area contributed by atoms with Crippen molar-refractivity contribution in [1.29, 1.82) is 0 Å². The number of likely N-dealkylation sites (tertiary alicyclic amines) is 1. The maximum Gasteiger partial charge on any atom is 0.335 e. The fraction of sp³-hybridized carbons (Fsp3) is 0.345. The zero-order valence-corrected chi connectivity index (χ0v) is 21.3. The zero-order valence-electron chi connectivity index (χ0n) is 20.5. The number of fused-ring (bicyclic) bond motifs is 1. The second-order valence-electron chi connectivity index (χ2n) is 9.54. The van der Waals surface area contributed by atoms with Crippen molar-refractivity contribution in [2.75, 3.05) is 45.8 Å². The quantitative estimate of drug-likeness (QED) is 0.379. The summed E-state index contributed by atoms with van der Waals surface area (Å²) in [7, 11) is 1.54. The largest absolute Gasteiger partial charge is 0.496 e. The van der Waals surface area contributed by atoms with Crippen molar-refractivity contribution in [3.05, 3.63) is 88.7 Å². The molecule has 37 heavy (non-hydrogen) atoms. The molecular weight excluding hydrogens is 496 g/mol. The number of hydrogen-bond acceptors (Lipinski definition) is 5. The molecule has 0 saturated carbocycles. The number of carboxylic acids is 1. The van der Waals surface area contributed by atoms with E-state index in [4.69, 9.17) is 9.47 Å². The van der Waals surface area contributed by atoms with Crippen LogP contribution in [-0.2, 0) is 0 Å². The van der Waals surface area contributed by atoms with Crippen LogP contribution in [0.25, 0.3) is 0 Å². The lowest BCUT2D eigenvalue weighted by Crippen LogP contribution is -2.49. The smallest absolute Gasteiger partial charge is 0.335 e. The van der Waals surface area contributed by atoms with E-state index < -0.39 is 5.97 Å². The summed E-state index contributed by atoms with van der Waals surface area (Å²) in [5.74, 6) is 0.716. The van der Waals surface area contributed by atoms with Gasteiger partial charge in [-0.15, -0.1) is 11.8 Å². The van der Waals surface area contributed by atoms with Crippen LogP contribution in [0.1, 0.15) is 38.9 Å². The number of carboxylic acid groups (broad SMARTS) is 1. The van der Waals surface area contributed by atoms with Crippen LogP contribution in [0, 0.1) is 11.7 Å². The molecular formula is C29H29F2NO4S. The first-order valence-electron chi connectivity index (χ1n) is 12.3. The van der Waals surface area contributed by atoms with E-state index in [9.17, 15) is 18.7 Å². The third-order valence-corrected chi connectivity index (χ3v) is 8.37. The molecule has 0 spiro atoms. The summed E-state index contributed by atoms with van der Waals surface area (Å²) in [4.78, 5) is 14.7. The van der Waals surface area contributed by atoms with Gasteiger partial charge in [-0.05, 0) is 47.0 Å². The Bertz CT molecular complexity index is 1260. The maximum atomic E-state index is 14.0. The van der Waals surface area contributed by atoms with Crippen molar-refractivity contribution < 1.29 is 28.2 Å². The van der Waals surface area contributed by atoms with Gasteiger partial charge in [-0.1, -0.05) is 24.3 Å². The third kappa shape index (κ3) is 5.45. The minimum atomic E-state index is -0.956. The molecule has 0 aromatic heterocycles. The van der Waals surface area contributed by atoms with Crippen LogP contribution in [0.5, 0.6) is 11.5 Å². The molecule has 5 nitrogen and oxygen atoms in total. The van der Waals surface area contributed by atoms with Crippen LogP contribution in [0.3, 0.4) is 0 Å². The molecule has 8 heteroatoms. The Morgan fingerprint density at radius 1 is 1.08 bits per heavy atom. The van der Waals surface area contributed by atoms with E-state index in [2.05, 4.69) is 4.90 Å². The number of alkyl halides is 1. The first kappa shape index (κ1) is 25.5. The first-order chi connectivity index (χ1) is 18.0. The van der Waals surface area contributed by atoms with Crippen LogP contribution in [-0.4, -0.2) is 61.8 Å². The molecule has 0 unspecified atom stereocenters. The molecule has 5 rings (SSSR count). The van der Waals surface area contributed by atoms with Crippen LogP contribution in [0.15, 0.2) is 65.6 Å². The van der Waals surface area contributed by atoms with Gasteiger partial charge in [0.2, 0.25) is 0 Å². The molecule has 2 aliphatic heterocycles. The third-order valence-electron chi connectivity index (χ3n) is 7.18. The first-order valence-corrected chi connectivity index (χ1v) is 13.3. The number of nitrogens with zero attached hydrogens (tertiary/aromatic N) is 1. The van der Waals surface area contributed by atoms with Crippen molar-refractivity contribution in [3.8, 4) is 11.5 Å². The van der Waals surface area contributed by atoms with Gasteiger partial charge >= 0.3 is 5.97 Å². The highest BCUT2D eigenvalue weighted by atomic mass is 32.2. The molecule has 2 atom stereocenters. The Morgan fingerprint density at radius 2 is 1.84 bits per heavy atom. The molecule has 0 aliphatic carbocycles. The number of hydrogen-bond donors (Lipinski definition) is 1. The SMILES string of the molecule is COc1cc(F)ccc1[C@@H]1CSc2cc(C(=O)O)ccc2[C@@H]1c1ccc(OCCN2CC(CF)C2)cc1. The van der Waals surface area contributed by atoms with Crippen molar-refractivity contribution in [2.45, 2.75) is 16.7 Å². The lowest BCUT2D eigenvalue weighted by Gasteiger charge is -2.37. The summed E-state index contributed by atoms with van der Waals surface area (Å²) in [5.41, 5.74) is 3.26. The molecule has 3 aromatic carbocycles. The Kier molecular flexibility index (Phi) is 7.67. The number of ether oxygens (including phenoxy) is 2. The van der Waals surface area contributed by atoms with Gasteiger partial charge in [0.15, 0.2) is 0 Å². The van der Waals surface area contributed by atoms with Crippen LogP contribution in [0.4, 0.5) is 8.78 Å². The van der Waals surface area contributed by atoms with Crippen molar-refractivity contribution in [1.82, 2.24) is 4.90 Å². The highest BCUT2D eigenvalue weighted by Crippen LogP contribution is 2.51. The second-order valence-corrected chi connectivity index (χ2v) is 10.6. The van der Waals surface area contributed by atoms with E-state index in [1.165, 1.54) is 12.1 Å². The number of thioether (sulfide) groups is 1. The maximum absolute atomic E-state index is 14.0. The van der Waals surface area contributed by atoms with E-state index >= 15 is 0 Å². The monoisotopic (exact) mass is 525 g/mol. The number of halogens is 2. The average molecular weight is 526 g/mol. The highest BCUT2D eigenvalue weighted by Gasteiger charge is 2.35. The van der Waals surface area contributed by atoms with Crippen molar-refractivity contribution in [3.63, 3.8) is 0 Å². The topological polar surface area (TPSA) is 59.0 Å². The Balaban J connectivity index is 1.41. The lowest BCUT2D eigenvalue weighted by atomic mass is 9.77. The van der Waals surface area contributed by atoms with Gasteiger partial charge in [0.25, 0.3) is 0 Å². The van der Waals surface area contributed by atoms with Crippen LogP contribution >= 0.6 is 11.8 Å².